The molecule has 2 aliphatic rings. The van der Waals surface area contributed by atoms with Crippen LogP contribution in [-0.2, 0) is 11.2 Å². The number of fused-ring (bicyclic) bond motifs is 1. The normalized spacial score (nSPS) is 22.3. The molecule has 27 heavy (non-hydrogen) atoms. The molecular formula is C19H29ClN4O3. The monoisotopic (exact) mass is 396 g/mol. The predicted molar refractivity (Wildman–Crippen MR) is 106 cm³/mol. The molecule has 0 spiro atoms. The second kappa shape index (κ2) is 9.10. The molecular weight excluding hydrogens is 368 g/mol. The van der Waals surface area contributed by atoms with Crippen LogP contribution in [-0.4, -0.2) is 62.8 Å². The fraction of sp³-hybridized carbons (Fsp3) is 0.632. The highest BCUT2D eigenvalue weighted by molar-refractivity contribution is 6.33. The molecule has 5 N–H and O–H groups in total. The second-order valence-electron chi connectivity index (χ2n) is 7.16. The van der Waals surface area contributed by atoms with Crippen LogP contribution in [0.5, 0.6) is 5.75 Å². The predicted octanol–water partition coefficient (Wildman–Crippen LogP) is 1.42. The van der Waals surface area contributed by atoms with E-state index in [0.29, 0.717) is 35.1 Å². The highest BCUT2D eigenvalue weighted by Crippen LogP contribution is 2.38. The van der Waals surface area contributed by atoms with Crippen molar-refractivity contribution < 1.29 is 14.3 Å². The van der Waals surface area contributed by atoms with Gasteiger partial charge >= 0.3 is 0 Å². The number of halogens is 1. The average Bonchev–Trinajstić information content (AvgIpc) is 3.16. The number of unbranched alkanes of at least 4 members (excludes halogenated alkanes) is 1. The number of carbonyl (C=O) groups is 1. The Hall–Kier alpha value is -1.54. The first kappa shape index (κ1) is 20.2. The van der Waals surface area contributed by atoms with Gasteiger partial charge in [-0.1, -0.05) is 11.6 Å². The number of nitrogens with two attached hydrogens (primary N) is 2. The van der Waals surface area contributed by atoms with Gasteiger partial charge in [0.2, 0.25) is 0 Å². The van der Waals surface area contributed by atoms with Gasteiger partial charge in [-0.2, -0.15) is 0 Å². The Morgan fingerprint density at radius 3 is 3.04 bits per heavy atom. The van der Waals surface area contributed by atoms with Crippen LogP contribution in [0, 0.1) is 0 Å². The quantitative estimate of drug-likeness (QED) is 0.475. The van der Waals surface area contributed by atoms with Gasteiger partial charge in [0, 0.05) is 32.2 Å². The number of hydrogen-bond donors (Lipinski definition) is 3. The van der Waals surface area contributed by atoms with Crippen molar-refractivity contribution >= 4 is 23.2 Å². The Morgan fingerprint density at radius 1 is 1.48 bits per heavy atom. The summed E-state index contributed by atoms with van der Waals surface area (Å²) in [4.78, 5) is 15.3. The molecule has 8 heteroatoms. The van der Waals surface area contributed by atoms with Gasteiger partial charge in [0.1, 0.15) is 5.75 Å². The SMILES string of the molecule is CO[C@@H]1CN(CCCCN)CC[C@@H]1NC(=O)c1cc(Cl)c(N)c2c1OCC2. The Morgan fingerprint density at radius 2 is 2.30 bits per heavy atom. The molecule has 1 aromatic rings. The van der Waals surface area contributed by atoms with Gasteiger partial charge in [-0.25, -0.2) is 0 Å². The number of nitrogens with one attached hydrogen (secondary N) is 1. The fourth-order valence-corrected chi connectivity index (χ4v) is 4.07. The maximum atomic E-state index is 12.9. The average molecular weight is 397 g/mol. The van der Waals surface area contributed by atoms with E-state index in [9.17, 15) is 4.79 Å². The number of rotatable bonds is 7. The minimum atomic E-state index is -0.196. The van der Waals surface area contributed by atoms with Gasteiger partial charge in [0.25, 0.3) is 5.91 Å². The third kappa shape index (κ3) is 4.48. The van der Waals surface area contributed by atoms with E-state index in [0.717, 1.165) is 51.0 Å². The third-order valence-corrected chi connectivity index (χ3v) is 5.72. The lowest BCUT2D eigenvalue weighted by Crippen LogP contribution is -2.54. The number of nitrogens with zero attached hydrogens (tertiary/aromatic N) is 1. The first-order chi connectivity index (χ1) is 13.0. The number of methoxy groups -OCH3 is 1. The lowest BCUT2D eigenvalue weighted by Gasteiger charge is -2.38. The van der Waals surface area contributed by atoms with Gasteiger partial charge < -0.3 is 31.2 Å². The molecule has 3 rings (SSSR count). The Bertz CT molecular complexity index is 685. The Kier molecular flexibility index (Phi) is 6.81. The number of benzene rings is 1. The molecule has 0 unspecified atom stereocenters. The summed E-state index contributed by atoms with van der Waals surface area (Å²) in [6.07, 6.45) is 3.55. The van der Waals surface area contributed by atoms with Crippen LogP contribution >= 0.6 is 11.6 Å². The highest BCUT2D eigenvalue weighted by atomic mass is 35.5. The van der Waals surface area contributed by atoms with Crippen LogP contribution in [0.4, 0.5) is 5.69 Å². The lowest BCUT2D eigenvalue weighted by atomic mass is 9.99. The van der Waals surface area contributed by atoms with E-state index in [1.54, 1.807) is 13.2 Å². The van der Waals surface area contributed by atoms with Crippen molar-refractivity contribution in [1.29, 1.82) is 0 Å². The van der Waals surface area contributed by atoms with Crippen molar-refractivity contribution in [3.05, 3.63) is 22.2 Å². The van der Waals surface area contributed by atoms with E-state index < -0.39 is 0 Å². The van der Waals surface area contributed by atoms with E-state index in [2.05, 4.69) is 10.2 Å². The van der Waals surface area contributed by atoms with Gasteiger partial charge in [-0.05, 0) is 38.4 Å². The summed E-state index contributed by atoms with van der Waals surface area (Å²) in [5.41, 5.74) is 13.4. The van der Waals surface area contributed by atoms with Crippen molar-refractivity contribution in [1.82, 2.24) is 10.2 Å². The van der Waals surface area contributed by atoms with Crippen molar-refractivity contribution in [3.63, 3.8) is 0 Å². The summed E-state index contributed by atoms with van der Waals surface area (Å²) in [6.45, 7) is 3.96. The van der Waals surface area contributed by atoms with Crippen LogP contribution in [0.2, 0.25) is 5.02 Å². The van der Waals surface area contributed by atoms with E-state index in [4.69, 9.17) is 32.5 Å². The molecule has 2 atom stereocenters. The fourth-order valence-electron chi connectivity index (χ4n) is 3.85. The van der Waals surface area contributed by atoms with Crippen LogP contribution in [0.25, 0.3) is 0 Å². The molecule has 1 amide bonds. The first-order valence-electron chi connectivity index (χ1n) is 9.54. The van der Waals surface area contributed by atoms with E-state index >= 15 is 0 Å². The van der Waals surface area contributed by atoms with Gasteiger partial charge in [0.05, 0.1) is 35.0 Å². The molecule has 0 saturated carbocycles. The molecule has 1 aromatic carbocycles. The molecule has 1 saturated heterocycles. The molecule has 0 aliphatic carbocycles. The zero-order valence-corrected chi connectivity index (χ0v) is 16.6. The zero-order valence-electron chi connectivity index (χ0n) is 15.8. The Labute approximate surface area is 165 Å². The van der Waals surface area contributed by atoms with Crippen molar-refractivity contribution in [2.75, 3.05) is 45.6 Å². The largest absolute Gasteiger partial charge is 0.492 e. The number of nitrogen functional groups attached to an aromatic ring is 1. The number of amides is 1. The van der Waals surface area contributed by atoms with E-state index in [1.165, 1.54) is 0 Å². The van der Waals surface area contributed by atoms with Crippen LogP contribution in [0.15, 0.2) is 6.07 Å². The van der Waals surface area contributed by atoms with Gasteiger partial charge in [0.15, 0.2) is 0 Å². The Balaban J connectivity index is 1.66. The summed E-state index contributed by atoms with van der Waals surface area (Å²) in [6, 6.07) is 1.54. The maximum Gasteiger partial charge on any atom is 0.255 e. The van der Waals surface area contributed by atoms with Crippen LogP contribution in [0.1, 0.15) is 35.2 Å². The summed E-state index contributed by atoms with van der Waals surface area (Å²) in [5, 5.41) is 3.50. The first-order valence-corrected chi connectivity index (χ1v) is 9.92. The number of hydrogen-bond acceptors (Lipinski definition) is 6. The number of anilines is 1. The number of carbonyl (C=O) groups excluding carboxylic acids is 1. The standard InChI is InChI=1S/C19H29ClN4O3/c1-26-16-11-24(7-3-2-6-21)8-4-15(16)23-19(25)13-10-14(20)17(22)12-5-9-27-18(12)13/h10,15-16H,2-9,11,21-22H2,1H3,(H,23,25)/t15-,16+/m0/s1. The molecule has 2 heterocycles. The van der Waals surface area contributed by atoms with Crippen LogP contribution < -0.4 is 21.5 Å². The summed E-state index contributed by atoms with van der Waals surface area (Å²) >= 11 is 6.22. The zero-order chi connectivity index (χ0) is 19.4. The smallest absolute Gasteiger partial charge is 0.255 e. The minimum absolute atomic E-state index is 0.0540. The molecule has 0 aromatic heterocycles. The molecule has 150 valence electrons. The molecule has 1 fully saturated rings. The van der Waals surface area contributed by atoms with Gasteiger partial charge in [-0.3, -0.25) is 4.79 Å². The summed E-state index contributed by atoms with van der Waals surface area (Å²) < 4.78 is 11.3. The molecule has 0 bridgehead atoms. The van der Waals surface area contributed by atoms with Crippen molar-refractivity contribution in [2.45, 2.75) is 37.8 Å². The van der Waals surface area contributed by atoms with Crippen molar-refractivity contribution in [2.24, 2.45) is 5.73 Å². The maximum absolute atomic E-state index is 12.9. The summed E-state index contributed by atoms with van der Waals surface area (Å²) in [7, 11) is 1.69. The highest BCUT2D eigenvalue weighted by Gasteiger charge is 2.32. The summed E-state index contributed by atoms with van der Waals surface area (Å²) in [5.74, 6) is 0.362. The third-order valence-electron chi connectivity index (χ3n) is 5.41. The van der Waals surface area contributed by atoms with E-state index in [1.807, 2.05) is 0 Å². The lowest BCUT2D eigenvalue weighted by molar-refractivity contribution is 0.00605. The number of ether oxygens (including phenoxy) is 2. The minimum Gasteiger partial charge on any atom is -0.492 e. The molecule has 7 nitrogen and oxygen atoms in total. The molecule has 2 aliphatic heterocycles. The topological polar surface area (TPSA) is 103 Å². The van der Waals surface area contributed by atoms with Crippen molar-refractivity contribution in [3.8, 4) is 5.75 Å². The number of likely N-dealkylation sites (tertiary alicyclic amines) is 1. The van der Waals surface area contributed by atoms with E-state index in [-0.39, 0.29) is 18.1 Å². The van der Waals surface area contributed by atoms with Crippen LogP contribution in [0.3, 0.4) is 0 Å². The second-order valence-corrected chi connectivity index (χ2v) is 7.57. The number of piperidine rings is 1. The van der Waals surface area contributed by atoms with Gasteiger partial charge in [-0.15, -0.1) is 0 Å². The molecule has 0 radical (unpaired) electrons.